The lowest BCUT2D eigenvalue weighted by Crippen LogP contribution is -2.03. The van der Waals surface area contributed by atoms with Gasteiger partial charge in [-0.1, -0.05) is 6.07 Å². The van der Waals surface area contributed by atoms with Crippen LogP contribution in [-0.4, -0.2) is 16.7 Å². The van der Waals surface area contributed by atoms with Gasteiger partial charge in [-0.25, -0.2) is 8.78 Å². The molecule has 0 aliphatic heterocycles. The Kier molecular flexibility index (Phi) is 3.25. The molecular formula is C15H12F2N2OS. The van der Waals surface area contributed by atoms with E-state index in [1.165, 1.54) is 16.7 Å². The smallest absolute Gasteiger partial charge is 0.182 e. The van der Waals surface area contributed by atoms with Crippen LogP contribution in [0.1, 0.15) is 5.56 Å². The molecule has 0 atom stereocenters. The van der Waals surface area contributed by atoms with Gasteiger partial charge >= 0.3 is 0 Å². The predicted octanol–water partition coefficient (Wildman–Crippen LogP) is 4.28. The van der Waals surface area contributed by atoms with Crippen LogP contribution < -0.4 is 4.74 Å². The van der Waals surface area contributed by atoms with Crippen LogP contribution in [0.25, 0.3) is 16.7 Å². The molecule has 0 bridgehead atoms. The molecule has 0 aliphatic carbocycles. The molecule has 2 aromatic carbocycles. The molecule has 0 amide bonds. The van der Waals surface area contributed by atoms with Crippen molar-refractivity contribution in [2.45, 2.75) is 6.92 Å². The zero-order valence-electron chi connectivity index (χ0n) is 11.4. The standard InChI is InChI=1S/C15H12F2N2OS/c1-8-3-5-10(16)14(13(8)17)19-12-6-4-9(20-2)7-11(12)18-15(19)21/h3-7H,1-2H3,(H,18,21). The second-order valence-corrected chi connectivity index (χ2v) is 5.06. The van der Waals surface area contributed by atoms with E-state index in [-0.39, 0.29) is 10.5 Å². The average Bonchev–Trinajstić information content (AvgIpc) is 2.79. The molecule has 21 heavy (non-hydrogen) atoms. The SMILES string of the molecule is COc1ccc2c(c1)[nH]c(=S)n2-c1c(F)ccc(C)c1F. The van der Waals surface area contributed by atoms with Gasteiger partial charge in [-0.3, -0.25) is 4.57 Å². The minimum atomic E-state index is -0.661. The first-order valence-electron chi connectivity index (χ1n) is 6.26. The quantitative estimate of drug-likeness (QED) is 0.716. The Morgan fingerprint density at radius 3 is 2.67 bits per heavy atom. The first-order chi connectivity index (χ1) is 10.0. The van der Waals surface area contributed by atoms with E-state index in [1.807, 2.05) is 0 Å². The number of nitrogens with one attached hydrogen (secondary N) is 1. The van der Waals surface area contributed by atoms with E-state index >= 15 is 0 Å². The molecule has 3 rings (SSSR count). The van der Waals surface area contributed by atoms with Gasteiger partial charge in [-0.15, -0.1) is 0 Å². The molecule has 0 aliphatic rings. The zero-order valence-corrected chi connectivity index (χ0v) is 12.2. The largest absolute Gasteiger partial charge is 0.497 e. The number of benzene rings is 2. The number of ether oxygens (including phenoxy) is 1. The highest BCUT2D eigenvalue weighted by atomic mass is 32.1. The van der Waals surface area contributed by atoms with Gasteiger partial charge in [0.1, 0.15) is 17.3 Å². The maximum atomic E-state index is 14.3. The van der Waals surface area contributed by atoms with Crippen LogP contribution in [0.2, 0.25) is 0 Å². The summed E-state index contributed by atoms with van der Waals surface area (Å²) >= 11 is 5.21. The van der Waals surface area contributed by atoms with Crippen LogP contribution in [0.5, 0.6) is 5.75 Å². The second kappa shape index (κ2) is 4.96. The summed E-state index contributed by atoms with van der Waals surface area (Å²) in [6.45, 7) is 1.58. The van der Waals surface area contributed by atoms with Gasteiger partial charge in [0.25, 0.3) is 0 Å². The molecule has 0 saturated heterocycles. The molecule has 3 nitrogen and oxygen atoms in total. The number of H-pyrrole nitrogens is 1. The summed E-state index contributed by atoms with van der Waals surface area (Å²) < 4.78 is 35.2. The molecule has 1 N–H and O–H groups in total. The van der Waals surface area contributed by atoms with Crippen LogP contribution in [0.3, 0.4) is 0 Å². The third kappa shape index (κ3) is 2.12. The summed E-state index contributed by atoms with van der Waals surface area (Å²) in [6, 6.07) is 7.79. The minimum absolute atomic E-state index is 0.170. The Labute approximate surface area is 124 Å². The van der Waals surface area contributed by atoms with E-state index in [2.05, 4.69) is 4.98 Å². The van der Waals surface area contributed by atoms with Crippen molar-refractivity contribution in [2.75, 3.05) is 7.11 Å². The van der Waals surface area contributed by atoms with E-state index in [9.17, 15) is 8.78 Å². The van der Waals surface area contributed by atoms with Gasteiger partial charge in [0.2, 0.25) is 0 Å². The normalized spacial score (nSPS) is 11.0. The van der Waals surface area contributed by atoms with Crippen molar-refractivity contribution in [3.63, 3.8) is 0 Å². The van der Waals surface area contributed by atoms with Gasteiger partial charge in [0.15, 0.2) is 10.6 Å². The fourth-order valence-electron chi connectivity index (χ4n) is 2.29. The third-order valence-electron chi connectivity index (χ3n) is 3.37. The number of rotatable bonds is 2. The number of hydrogen-bond donors (Lipinski definition) is 1. The summed E-state index contributed by atoms with van der Waals surface area (Å²) in [4.78, 5) is 2.94. The molecule has 6 heteroatoms. The maximum Gasteiger partial charge on any atom is 0.182 e. The van der Waals surface area contributed by atoms with Crippen LogP contribution in [0.4, 0.5) is 8.78 Å². The second-order valence-electron chi connectivity index (χ2n) is 4.68. The molecule has 0 radical (unpaired) electrons. The number of aromatic amines is 1. The molecule has 108 valence electrons. The van der Waals surface area contributed by atoms with Crippen LogP contribution >= 0.6 is 12.2 Å². The number of methoxy groups -OCH3 is 1. The highest BCUT2D eigenvalue weighted by molar-refractivity contribution is 7.71. The fourth-order valence-corrected chi connectivity index (χ4v) is 2.59. The Morgan fingerprint density at radius 1 is 1.19 bits per heavy atom. The van der Waals surface area contributed by atoms with Crippen molar-refractivity contribution in [3.8, 4) is 11.4 Å². The van der Waals surface area contributed by atoms with E-state index in [1.54, 1.807) is 32.2 Å². The Morgan fingerprint density at radius 2 is 1.95 bits per heavy atom. The average molecular weight is 306 g/mol. The Bertz CT molecular complexity index is 899. The molecule has 0 unspecified atom stereocenters. The molecule has 0 spiro atoms. The summed E-state index contributed by atoms with van der Waals surface area (Å²) in [6.07, 6.45) is 0. The van der Waals surface area contributed by atoms with Gasteiger partial charge in [0.05, 0.1) is 18.1 Å². The summed E-state index contributed by atoms with van der Waals surface area (Å²) in [5, 5.41) is 0. The number of nitrogens with zero attached hydrogens (tertiary/aromatic N) is 1. The summed E-state index contributed by atoms with van der Waals surface area (Å²) in [7, 11) is 1.55. The molecule has 0 saturated carbocycles. The van der Waals surface area contributed by atoms with Crippen molar-refractivity contribution in [1.82, 2.24) is 9.55 Å². The van der Waals surface area contributed by atoms with E-state index in [0.29, 0.717) is 22.3 Å². The number of aryl methyl sites for hydroxylation is 1. The first kappa shape index (κ1) is 13.8. The van der Waals surface area contributed by atoms with Crippen LogP contribution in [0, 0.1) is 23.3 Å². The Balaban J connectivity index is 2.39. The van der Waals surface area contributed by atoms with E-state index in [0.717, 1.165) is 0 Å². The summed E-state index contributed by atoms with van der Waals surface area (Å²) in [5.41, 5.74) is 1.43. The number of hydrogen-bond acceptors (Lipinski definition) is 2. The zero-order chi connectivity index (χ0) is 15.1. The number of aromatic nitrogens is 2. The van der Waals surface area contributed by atoms with E-state index in [4.69, 9.17) is 17.0 Å². The Hall–Kier alpha value is -2.21. The lowest BCUT2D eigenvalue weighted by molar-refractivity contribution is 0.415. The highest BCUT2D eigenvalue weighted by Gasteiger charge is 2.17. The van der Waals surface area contributed by atoms with Gasteiger partial charge in [0, 0.05) is 6.07 Å². The molecular weight excluding hydrogens is 294 g/mol. The number of halogens is 2. The topological polar surface area (TPSA) is 29.9 Å². The molecule has 1 aromatic heterocycles. The predicted molar refractivity (Wildman–Crippen MR) is 79.7 cm³/mol. The van der Waals surface area contributed by atoms with Crippen molar-refractivity contribution in [2.24, 2.45) is 0 Å². The van der Waals surface area contributed by atoms with Gasteiger partial charge < -0.3 is 9.72 Å². The van der Waals surface area contributed by atoms with Crippen molar-refractivity contribution in [3.05, 3.63) is 52.3 Å². The number of imidazole rings is 1. The van der Waals surface area contributed by atoms with Crippen molar-refractivity contribution >= 4 is 23.3 Å². The van der Waals surface area contributed by atoms with Crippen LogP contribution in [-0.2, 0) is 0 Å². The van der Waals surface area contributed by atoms with Gasteiger partial charge in [-0.05, 0) is 42.9 Å². The summed E-state index contributed by atoms with van der Waals surface area (Å²) in [5.74, 6) is -0.648. The highest BCUT2D eigenvalue weighted by Crippen LogP contribution is 2.27. The molecule has 0 fully saturated rings. The molecule has 3 aromatic rings. The first-order valence-corrected chi connectivity index (χ1v) is 6.67. The van der Waals surface area contributed by atoms with Gasteiger partial charge in [-0.2, -0.15) is 0 Å². The third-order valence-corrected chi connectivity index (χ3v) is 3.66. The lowest BCUT2D eigenvalue weighted by atomic mass is 10.2. The molecule has 1 heterocycles. The van der Waals surface area contributed by atoms with Crippen molar-refractivity contribution in [1.29, 1.82) is 0 Å². The number of fused-ring (bicyclic) bond motifs is 1. The lowest BCUT2D eigenvalue weighted by Gasteiger charge is -2.09. The van der Waals surface area contributed by atoms with Crippen LogP contribution in [0.15, 0.2) is 30.3 Å². The maximum absolute atomic E-state index is 14.3. The fraction of sp³-hybridized carbons (Fsp3) is 0.133. The monoisotopic (exact) mass is 306 g/mol. The van der Waals surface area contributed by atoms with E-state index < -0.39 is 11.6 Å². The van der Waals surface area contributed by atoms with Crippen molar-refractivity contribution < 1.29 is 13.5 Å². The minimum Gasteiger partial charge on any atom is -0.497 e.